The van der Waals surface area contributed by atoms with E-state index in [0.717, 1.165) is 22.7 Å². The van der Waals surface area contributed by atoms with E-state index >= 15 is 0 Å². The Morgan fingerprint density at radius 1 is 1.32 bits per heavy atom. The van der Waals surface area contributed by atoms with Gasteiger partial charge in [0.05, 0.1) is 24.4 Å². The average Bonchev–Trinajstić information content (AvgIpc) is 2.79. The molecule has 0 atom stereocenters. The minimum absolute atomic E-state index is 0.413. The van der Waals surface area contributed by atoms with Gasteiger partial charge in [0.15, 0.2) is 0 Å². The first-order valence-electron chi connectivity index (χ1n) is 6.34. The largest absolute Gasteiger partial charge is 0.496 e. The summed E-state index contributed by atoms with van der Waals surface area (Å²) >= 11 is 5.83. The van der Waals surface area contributed by atoms with E-state index < -0.39 is 0 Å². The number of ether oxygens (including phenoxy) is 1. The Labute approximate surface area is 119 Å². The number of hydrogen-bond donors (Lipinski definition) is 0. The number of halogens is 1. The SMILES string of the molecule is COc1ccc(-c2cc(CCl)nn2C)cc1C(C)C. The smallest absolute Gasteiger partial charge is 0.122 e. The molecule has 0 aliphatic heterocycles. The molecule has 4 heteroatoms. The predicted octanol–water partition coefficient (Wildman–Crippen LogP) is 3.96. The van der Waals surface area contributed by atoms with Gasteiger partial charge in [-0.15, -0.1) is 11.6 Å². The molecule has 0 N–H and O–H groups in total. The van der Waals surface area contributed by atoms with E-state index in [4.69, 9.17) is 16.3 Å². The summed E-state index contributed by atoms with van der Waals surface area (Å²) in [5.41, 5.74) is 4.30. The molecule has 0 aliphatic rings. The Morgan fingerprint density at radius 2 is 2.05 bits per heavy atom. The highest BCUT2D eigenvalue weighted by molar-refractivity contribution is 6.16. The van der Waals surface area contributed by atoms with Crippen molar-refractivity contribution in [3.63, 3.8) is 0 Å². The van der Waals surface area contributed by atoms with Crippen LogP contribution >= 0.6 is 11.6 Å². The van der Waals surface area contributed by atoms with Crippen LogP contribution in [0.2, 0.25) is 0 Å². The lowest BCUT2D eigenvalue weighted by atomic mass is 9.98. The molecule has 102 valence electrons. The van der Waals surface area contributed by atoms with Gasteiger partial charge < -0.3 is 4.74 Å². The molecule has 1 aromatic heterocycles. The molecule has 0 radical (unpaired) electrons. The van der Waals surface area contributed by atoms with Crippen LogP contribution < -0.4 is 4.74 Å². The Balaban J connectivity index is 2.50. The third-order valence-electron chi connectivity index (χ3n) is 3.21. The van der Waals surface area contributed by atoms with Gasteiger partial charge in [-0.25, -0.2) is 0 Å². The van der Waals surface area contributed by atoms with E-state index in [0.29, 0.717) is 11.8 Å². The molecular weight excluding hydrogens is 260 g/mol. The van der Waals surface area contributed by atoms with Crippen molar-refractivity contribution in [2.24, 2.45) is 7.05 Å². The average molecular weight is 279 g/mol. The van der Waals surface area contributed by atoms with Crippen LogP contribution in [-0.4, -0.2) is 16.9 Å². The fourth-order valence-corrected chi connectivity index (χ4v) is 2.34. The molecule has 0 saturated carbocycles. The Bertz CT molecular complexity index is 576. The summed E-state index contributed by atoms with van der Waals surface area (Å²) in [6, 6.07) is 8.26. The van der Waals surface area contributed by atoms with Crippen molar-refractivity contribution >= 4 is 11.6 Å². The molecule has 0 aliphatic carbocycles. The van der Waals surface area contributed by atoms with E-state index in [2.05, 4.69) is 31.1 Å². The quantitative estimate of drug-likeness (QED) is 0.792. The summed E-state index contributed by atoms with van der Waals surface area (Å²) < 4.78 is 7.28. The van der Waals surface area contributed by atoms with Gasteiger partial charge in [-0.05, 0) is 35.7 Å². The molecule has 1 aromatic carbocycles. The van der Waals surface area contributed by atoms with Crippen LogP contribution in [0.1, 0.15) is 31.0 Å². The predicted molar refractivity (Wildman–Crippen MR) is 78.8 cm³/mol. The summed E-state index contributed by atoms with van der Waals surface area (Å²) in [7, 11) is 3.64. The third kappa shape index (κ3) is 2.76. The minimum atomic E-state index is 0.413. The number of benzene rings is 1. The van der Waals surface area contributed by atoms with Crippen molar-refractivity contribution in [2.75, 3.05) is 7.11 Å². The zero-order chi connectivity index (χ0) is 14.0. The van der Waals surface area contributed by atoms with Crippen LogP contribution in [0.3, 0.4) is 0 Å². The number of hydrogen-bond acceptors (Lipinski definition) is 2. The van der Waals surface area contributed by atoms with E-state index in [9.17, 15) is 0 Å². The zero-order valence-electron chi connectivity index (χ0n) is 11.8. The summed E-state index contributed by atoms with van der Waals surface area (Å²) in [6.45, 7) is 4.32. The molecule has 3 nitrogen and oxygen atoms in total. The van der Waals surface area contributed by atoms with Gasteiger partial charge in [-0.1, -0.05) is 13.8 Å². The number of aryl methyl sites for hydroxylation is 1. The van der Waals surface area contributed by atoms with E-state index in [1.54, 1.807) is 7.11 Å². The maximum absolute atomic E-state index is 5.83. The van der Waals surface area contributed by atoms with E-state index in [1.165, 1.54) is 5.56 Å². The van der Waals surface area contributed by atoms with Crippen LogP contribution in [0, 0.1) is 0 Å². The first-order chi connectivity index (χ1) is 9.06. The highest BCUT2D eigenvalue weighted by Gasteiger charge is 2.12. The molecular formula is C15H19ClN2O. The molecule has 2 rings (SSSR count). The van der Waals surface area contributed by atoms with Gasteiger partial charge in [-0.3, -0.25) is 4.68 Å². The molecule has 19 heavy (non-hydrogen) atoms. The summed E-state index contributed by atoms with van der Waals surface area (Å²) in [5, 5.41) is 4.38. The number of rotatable bonds is 4. The second-order valence-electron chi connectivity index (χ2n) is 4.89. The van der Waals surface area contributed by atoms with Crippen molar-refractivity contribution in [3.8, 4) is 17.0 Å². The molecule has 1 heterocycles. The van der Waals surface area contributed by atoms with E-state index in [1.807, 2.05) is 23.9 Å². The van der Waals surface area contributed by atoms with Crippen molar-refractivity contribution in [1.82, 2.24) is 9.78 Å². The molecule has 0 spiro atoms. The van der Waals surface area contributed by atoms with Crippen molar-refractivity contribution in [2.45, 2.75) is 25.6 Å². The molecule has 2 aromatic rings. The van der Waals surface area contributed by atoms with Gasteiger partial charge in [0.1, 0.15) is 5.75 Å². The normalized spacial score (nSPS) is 11.1. The lowest BCUT2D eigenvalue weighted by Gasteiger charge is -2.13. The highest BCUT2D eigenvalue weighted by Crippen LogP contribution is 2.31. The monoisotopic (exact) mass is 278 g/mol. The maximum atomic E-state index is 5.83. The van der Waals surface area contributed by atoms with Crippen LogP contribution in [0.25, 0.3) is 11.3 Å². The van der Waals surface area contributed by atoms with Gasteiger partial charge >= 0.3 is 0 Å². The maximum Gasteiger partial charge on any atom is 0.122 e. The van der Waals surface area contributed by atoms with Crippen molar-refractivity contribution < 1.29 is 4.74 Å². The standard InChI is InChI=1S/C15H19ClN2O/c1-10(2)13-7-11(5-6-15(13)19-4)14-8-12(9-16)17-18(14)3/h5-8,10H,9H2,1-4H3. The fraction of sp³-hybridized carbons (Fsp3) is 0.400. The number of methoxy groups -OCH3 is 1. The van der Waals surface area contributed by atoms with Crippen LogP contribution in [0.4, 0.5) is 0 Å². The van der Waals surface area contributed by atoms with Crippen molar-refractivity contribution in [1.29, 1.82) is 0 Å². The molecule has 0 unspecified atom stereocenters. The van der Waals surface area contributed by atoms with E-state index in [-0.39, 0.29) is 0 Å². The number of aromatic nitrogens is 2. The Morgan fingerprint density at radius 3 is 2.58 bits per heavy atom. The summed E-state index contributed by atoms with van der Waals surface area (Å²) in [6.07, 6.45) is 0. The first-order valence-corrected chi connectivity index (χ1v) is 6.87. The second kappa shape index (κ2) is 5.66. The molecule has 0 fully saturated rings. The lowest BCUT2D eigenvalue weighted by molar-refractivity contribution is 0.407. The molecule has 0 bridgehead atoms. The highest BCUT2D eigenvalue weighted by atomic mass is 35.5. The summed E-state index contributed by atoms with van der Waals surface area (Å²) in [5.74, 6) is 1.77. The third-order valence-corrected chi connectivity index (χ3v) is 3.49. The van der Waals surface area contributed by atoms with Gasteiger partial charge in [0, 0.05) is 12.6 Å². The topological polar surface area (TPSA) is 27.1 Å². The molecule has 0 saturated heterocycles. The Kier molecular flexibility index (Phi) is 4.15. The number of nitrogens with zero attached hydrogens (tertiary/aromatic N) is 2. The van der Waals surface area contributed by atoms with Crippen LogP contribution in [0.15, 0.2) is 24.3 Å². The van der Waals surface area contributed by atoms with Crippen LogP contribution in [-0.2, 0) is 12.9 Å². The van der Waals surface area contributed by atoms with Crippen molar-refractivity contribution in [3.05, 3.63) is 35.5 Å². The van der Waals surface area contributed by atoms with Crippen LogP contribution in [0.5, 0.6) is 5.75 Å². The fourth-order valence-electron chi connectivity index (χ4n) is 2.21. The summed E-state index contributed by atoms with van der Waals surface area (Å²) in [4.78, 5) is 0. The lowest BCUT2D eigenvalue weighted by Crippen LogP contribution is -1.97. The van der Waals surface area contributed by atoms with Gasteiger partial charge in [-0.2, -0.15) is 5.10 Å². The van der Waals surface area contributed by atoms with Gasteiger partial charge in [0.2, 0.25) is 0 Å². The van der Waals surface area contributed by atoms with Gasteiger partial charge in [0.25, 0.3) is 0 Å². The first kappa shape index (κ1) is 13.9. The Hall–Kier alpha value is -1.48. The second-order valence-corrected chi connectivity index (χ2v) is 5.16. The number of alkyl halides is 1. The zero-order valence-corrected chi connectivity index (χ0v) is 12.5. The minimum Gasteiger partial charge on any atom is -0.496 e. The molecule has 0 amide bonds.